The SMILES string of the molecule is CC(CO)N(C)CCC(O)c1cc(F)cc(F)c1. The van der Waals surface area contributed by atoms with Gasteiger partial charge in [0.05, 0.1) is 12.7 Å². The van der Waals surface area contributed by atoms with E-state index >= 15 is 0 Å². The van der Waals surface area contributed by atoms with Crippen LogP contribution in [0.15, 0.2) is 18.2 Å². The fraction of sp³-hybridized carbons (Fsp3) is 0.538. The molecule has 0 aliphatic carbocycles. The van der Waals surface area contributed by atoms with E-state index in [0.717, 1.165) is 18.2 Å². The van der Waals surface area contributed by atoms with Crippen LogP contribution in [0.5, 0.6) is 0 Å². The summed E-state index contributed by atoms with van der Waals surface area (Å²) in [6, 6.07) is 3.02. The highest BCUT2D eigenvalue weighted by Crippen LogP contribution is 2.19. The molecule has 0 radical (unpaired) electrons. The third-order valence-corrected chi connectivity index (χ3v) is 3.04. The number of aliphatic hydroxyl groups is 2. The fourth-order valence-corrected chi connectivity index (χ4v) is 1.62. The lowest BCUT2D eigenvalue weighted by Gasteiger charge is -2.24. The van der Waals surface area contributed by atoms with Crippen LogP contribution >= 0.6 is 0 Å². The molecule has 0 spiro atoms. The quantitative estimate of drug-likeness (QED) is 0.817. The smallest absolute Gasteiger partial charge is 0.126 e. The van der Waals surface area contributed by atoms with Crippen LogP contribution in [0.25, 0.3) is 0 Å². The molecule has 0 amide bonds. The van der Waals surface area contributed by atoms with Crippen LogP contribution in [0, 0.1) is 11.6 Å². The first-order valence-corrected chi connectivity index (χ1v) is 5.89. The molecular weight excluding hydrogens is 240 g/mol. The highest BCUT2D eigenvalue weighted by Gasteiger charge is 2.13. The summed E-state index contributed by atoms with van der Waals surface area (Å²) in [6.07, 6.45) is -0.562. The summed E-state index contributed by atoms with van der Waals surface area (Å²) >= 11 is 0. The van der Waals surface area contributed by atoms with Crippen molar-refractivity contribution in [3.05, 3.63) is 35.4 Å². The molecule has 0 heterocycles. The lowest BCUT2D eigenvalue weighted by atomic mass is 10.1. The van der Waals surface area contributed by atoms with Gasteiger partial charge in [0.1, 0.15) is 11.6 Å². The van der Waals surface area contributed by atoms with Gasteiger partial charge in [-0.05, 0) is 38.1 Å². The first-order chi connectivity index (χ1) is 8.43. The molecule has 1 rings (SSSR count). The van der Waals surface area contributed by atoms with Gasteiger partial charge in [-0.1, -0.05) is 0 Å². The second-order valence-corrected chi connectivity index (χ2v) is 4.52. The van der Waals surface area contributed by atoms with E-state index in [1.807, 2.05) is 18.9 Å². The van der Waals surface area contributed by atoms with Crippen molar-refractivity contribution in [2.24, 2.45) is 0 Å². The van der Waals surface area contributed by atoms with Crippen LogP contribution < -0.4 is 0 Å². The van der Waals surface area contributed by atoms with Crippen LogP contribution in [0.4, 0.5) is 8.78 Å². The minimum absolute atomic E-state index is 0.0126. The van der Waals surface area contributed by atoms with Gasteiger partial charge in [-0.15, -0.1) is 0 Å². The third kappa shape index (κ3) is 4.33. The van der Waals surface area contributed by atoms with E-state index < -0.39 is 17.7 Å². The summed E-state index contributed by atoms with van der Waals surface area (Å²) in [5.41, 5.74) is 0.234. The molecule has 3 nitrogen and oxygen atoms in total. The molecule has 1 aromatic carbocycles. The molecule has 102 valence electrons. The monoisotopic (exact) mass is 259 g/mol. The van der Waals surface area contributed by atoms with Crippen molar-refractivity contribution in [1.82, 2.24) is 4.90 Å². The fourth-order valence-electron chi connectivity index (χ4n) is 1.62. The molecule has 18 heavy (non-hydrogen) atoms. The summed E-state index contributed by atoms with van der Waals surface area (Å²) in [7, 11) is 1.82. The molecule has 0 bridgehead atoms. The lowest BCUT2D eigenvalue weighted by molar-refractivity contribution is 0.117. The predicted molar refractivity (Wildman–Crippen MR) is 65.1 cm³/mol. The molecule has 5 heteroatoms. The second-order valence-electron chi connectivity index (χ2n) is 4.52. The van der Waals surface area contributed by atoms with E-state index in [2.05, 4.69) is 0 Å². The Kier molecular flexibility index (Phi) is 5.65. The van der Waals surface area contributed by atoms with Gasteiger partial charge in [-0.2, -0.15) is 0 Å². The van der Waals surface area contributed by atoms with Crippen LogP contribution in [0.3, 0.4) is 0 Å². The molecule has 0 aromatic heterocycles. The average molecular weight is 259 g/mol. The first-order valence-electron chi connectivity index (χ1n) is 5.89. The summed E-state index contributed by atoms with van der Waals surface area (Å²) in [4.78, 5) is 1.87. The third-order valence-electron chi connectivity index (χ3n) is 3.04. The minimum Gasteiger partial charge on any atom is -0.395 e. The maximum atomic E-state index is 13.0. The van der Waals surface area contributed by atoms with Crippen LogP contribution in [0.2, 0.25) is 0 Å². The predicted octanol–water partition coefficient (Wildman–Crippen LogP) is 1.70. The summed E-state index contributed by atoms with van der Waals surface area (Å²) in [6.45, 7) is 2.41. The average Bonchev–Trinajstić information content (AvgIpc) is 2.33. The molecule has 2 N–H and O–H groups in total. The first kappa shape index (κ1) is 15.0. The van der Waals surface area contributed by atoms with Crippen molar-refractivity contribution in [3.8, 4) is 0 Å². The Hall–Kier alpha value is -1.04. The van der Waals surface area contributed by atoms with E-state index in [-0.39, 0.29) is 18.2 Å². The standard InChI is InChI=1S/C13H19F2NO2/c1-9(8-17)16(2)4-3-13(18)10-5-11(14)7-12(15)6-10/h5-7,9,13,17-18H,3-4,8H2,1-2H3. The topological polar surface area (TPSA) is 43.7 Å². The van der Waals surface area contributed by atoms with E-state index in [9.17, 15) is 13.9 Å². The van der Waals surface area contributed by atoms with Crippen molar-refractivity contribution in [2.75, 3.05) is 20.2 Å². The van der Waals surface area contributed by atoms with Crippen LogP contribution in [-0.2, 0) is 0 Å². The van der Waals surface area contributed by atoms with Gasteiger partial charge in [0, 0.05) is 18.7 Å². The maximum Gasteiger partial charge on any atom is 0.126 e. The molecule has 2 unspecified atom stereocenters. The van der Waals surface area contributed by atoms with E-state index in [1.165, 1.54) is 0 Å². The molecule has 1 aromatic rings. The van der Waals surface area contributed by atoms with Gasteiger partial charge < -0.3 is 15.1 Å². The van der Waals surface area contributed by atoms with E-state index in [4.69, 9.17) is 5.11 Å². The zero-order chi connectivity index (χ0) is 13.7. The van der Waals surface area contributed by atoms with Crippen molar-refractivity contribution in [1.29, 1.82) is 0 Å². The molecule has 0 aliphatic rings. The molecule has 0 fully saturated rings. The Morgan fingerprint density at radius 2 is 1.78 bits per heavy atom. The van der Waals surface area contributed by atoms with Crippen molar-refractivity contribution < 1.29 is 19.0 Å². The van der Waals surface area contributed by atoms with Crippen LogP contribution in [0.1, 0.15) is 25.0 Å². The van der Waals surface area contributed by atoms with Crippen LogP contribution in [-0.4, -0.2) is 41.4 Å². The number of halogens is 2. The zero-order valence-corrected chi connectivity index (χ0v) is 10.6. The number of benzene rings is 1. The molecular formula is C13H19F2NO2. The minimum atomic E-state index is -0.913. The van der Waals surface area contributed by atoms with Gasteiger partial charge in [0.15, 0.2) is 0 Å². The lowest BCUT2D eigenvalue weighted by Crippen LogP contribution is -2.33. The van der Waals surface area contributed by atoms with Gasteiger partial charge in [-0.3, -0.25) is 0 Å². The Labute approximate surface area is 106 Å². The Morgan fingerprint density at radius 3 is 2.28 bits per heavy atom. The normalized spacial score (nSPS) is 14.8. The maximum absolute atomic E-state index is 13.0. The second kappa shape index (κ2) is 6.78. The number of hydrogen-bond donors (Lipinski definition) is 2. The number of hydrogen-bond acceptors (Lipinski definition) is 3. The van der Waals surface area contributed by atoms with Gasteiger partial charge in [0.2, 0.25) is 0 Å². The number of rotatable bonds is 6. The highest BCUT2D eigenvalue weighted by molar-refractivity contribution is 5.20. The summed E-state index contributed by atoms with van der Waals surface area (Å²) < 4.78 is 26.0. The number of likely N-dealkylation sites (N-methyl/N-ethyl adjacent to an activating group) is 1. The van der Waals surface area contributed by atoms with Crippen molar-refractivity contribution in [3.63, 3.8) is 0 Å². The molecule has 2 atom stereocenters. The van der Waals surface area contributed by atoms with Gasteiger partial charge in [-0.25, -0.2) is 8.78 Å². The summed E-state index contributed by atoms with van der Waals surface area (Å²) in [5.74, 6) is -1.39. The Morgan fingerprint density at radius 1 is 1.22 bits per heavy atom. The number of aliphatic hydroxyl groups excluding tert-OH is 2. The molecule has 0 saturated carbocycles. The largest absolute Gasteiger partial charge is 0.395 e. The van der Waals surface area contributed by atoms with Gasteiger partial charge >= 0.3 is 0 Å². The zero-order valence-electron chi connectivity index (χ0n) is 10.6. The van der Waals surface area contributed by atoms with Crippen molar-refractivity contribution >= 4 is 0 Å². The Balaban J connectivity index is 2.57. The summed E-state index contributed by atoms with van der Waals surface area (Å²) in [5, 5.41) is 18.8. The highest BCUT2D eigenvalue weighted by atomic mass is 19.1. The molecule has 0 aliphatic heterocycles. The molecule has 0 saturated heterocycles. The van der Waals surface area contributed by atoms with E-state index in [0.29, 0.717) is 13.0 Å². The van der Waals surface area contributed by atoms with Gasteiger partial charge in [0.25, 0.3) is 0 Å². The Bertz CT molecular complexity index is 367. The number of nitrogens with zero attached hydrogens (tertiary/aromatic N) is 1. The van der Waals surface area contributed by atoms with E-state index in [1.54, 1.807) is 0 Å². The van der Waals surface area contributed by atoms with Crippen molar-refractivity contribution in [2.45, 2.75) is 25.5 Å².